The van der Waals surface area contributed by atoms with Crippen LogP contribution in [0.4, 0.5) is 17.1 Å². The maximum absolute atomic E-state index is 5.12. The lowest BCUT2D eigenvalue weighted by Gasteiger charge is -2.19. The van der Waals surface area contributed by atoms with Crippen molar-refractivity contribution >= 4 is 17.1 Å². The highest BCUT2D eigenvalue weighted by Gasteiger charge is 2.08. The van der Waals surface area contributed by atoms with Gasteiger partial charge in [-0.05, 0) is 42.7 Å². The second-order valence-corrected chi connectivity index (χ2v) is 4.61. The lowest BCUT2D eigenvalue weighted by Crippen LogP contribution is -2.11. The van der Waals surface area contributed by atoms with Crippen molar-refractivity contribution in [3.8, 4) is 5.88 Å². The maximum atomic E-state index is 5.12. The first-order valence-electron chi connectivity index (χ1n) is 6.49. The summed E-state index contributed by atoms with van der Waals surface area (Å²) in [5.41, 5.74) is 4.70. The van der Waals surface area contributed by atoms with Crippen LogP contribution in [0.3, 0.4) is 0 Å². The van der Waals surface area contributed by atoms with Crippen LogP contribution in [0.15, 0.2) is 36.5 Å². The van der Waals surface area contributed by atoms with Crippen LogP contribution >= 0.6 is 0 Å². The van der Waals surface area contributed by atoms with Crippen molar-refractivity contribution in [1.29, 1.82) is 0 Å². The summed E-state index contributed by atoms with van der Waals surface area (Å²) in [6, 6.07) is 10.2. The Morgan fingerprint density at radius 2 is 2.11 bits per heavy atom. The smallest absolute Gasteiger partial charge is 0.214 e. The highest BCUT2D eigenvalue weighted by Crippen LogP contribution is 2.27. The molecule has 0 fully saturated rings. The predicted molar refractivity (Wildman–Crippen MR) is 77.3 cm³/mol. The van der Waals surface area contributed by atoms with E-state index in [1.165, 1.54) is 17.7 Å². The third-order valence-corrected chi connectivity index (χ3v) is 3.28. The summed E-state index contributed by atoms with van der Waals surface area (Å²) in [5, 5.41) is 6.80. The highest BCUT2D eigenvalue weighted by atomic mass is 16.5. The van der Waals surface area contributed by atoms with E-state index < -0.39 is 0 Å². The average molecular weight is 255 g/mol. The second-order valence-electron chi connectivity index (χ2n) is 4.61. The molecule has 3 rings (SSSR count). The van der Waals surface area contributed by atoms with Crippen molar-refractivity contribution in [3.05, 3.63) is 42.1 Å². The Bertz CT molecular complexity index is 583. The van der Waals surface area contributed by atoms with Crippen LogP contribution in [-0.2, 0) is 6.42 Å². The first kappa shape index (κ1) is 11.8. The number of anilines is 3. The molecule has 4 nitrogen and oxygen atoms in total. The highest BCUT2D eigenvalue weighted by molar-refractivity contribution is 5.66. The number of nitrogens with one attached hydrogen (secondary N) is 2. The molecule has 0 unspecified atom stereocenters. The van der Waals surface area contributed by atoms with Crippen LogP contribution in [0, 0.1) is 0 Å². The fraction of sp³-hybridized carbons (Fsp3) is 0.267. The van der Waals surface area contributed by atoms with Crippen molar-refractivity contribution < 1.29 is 4.74 Å². The first-order chi connectivity index (χ1) is 9.35. The Morgan fingerprint density at radius 3 is 3.00 bits per heavy atom. The maximum Gasteiger partial charge on any atom is 0.214 e. The van der Waals surface area contributed by atoms with E-state index in [4.69, 9.17) is 4.74 Å². The molecule has 0 bridgehead atoms. The predicted octanol–water partition coefficient (Wildman–Crippen LogP) is 3.19. The third kappa shape index (κ3) is 2.62. The summed E-state index contributed by atoms with van der Waals surface area (Å²) in [5.74, 6) is 0.615. The molecule has 2 aromatic rings. The molecule has 0 radical (unpaired) electrons. The van der Waals surface area contributed by atoms with E-state index in [0.717, 1.165) is 24.3 Å². The molecule has 2 heterocycles. The van der Waals surface area contributed by atoms with Gasteiger partial charge in [-0.3, -0.25) is 0 Å². The number of aryl methyl sites for hydroxylation is 1. The molecule has 4 heteroatoms. The molecule has 0 saturated carbocycles. The fourth-order valence-corrected chi connectivity index (χ4v) is 2.32. The number of nitrogens with zero attached hydrogens (tertiary/aromatic N) is 1. The zero-order valence-corrected chi connectivity index (χ0v) is 10.9. The molecule has 98 valence electrons. The number of hydrogen-bond donors (Lipinski definition) is 2. The van der Waals surface area contributed by atoms with Crippen LogP contribution in [0.5, 0.6) is 5.88 Å². The van der Waals surface area contributed by atoms with Crippen molar-refractivity contribution in [2.24, 2.45) is 0 Å². The number of pyridine rings is 1. The zero-order valence-electron chi connectivity index (χ0n) is 10.9. The molecular weight excluding hydrogens is 238 g/mol. The fourth-order valence-electron chi connectivity index (χ4n) is 2.32. The molecule has 0 amide bonds. The molecule has 1 aromatic carbocycles. The minimum absolute atomic E-state index is 0.615. The van der Waals surface area contributed by atoms with E-state index in [1.54, 1.807) is 13.3 Å². The number of ether oxygens (including phenoxy) is 1. The van der Waals surface area contributed by atoms with Gasteiger partial charge in [0.15, 0.2) is 0 Å². The minimum atomic E-state index is 0.615. The van der Waals surface area contributed by atoms with E-state index in [0.29, 0.717) is 5.88 Å². The zero-order chi connectivity index (χ0) is 13.1. The van der Waals surface area contributed by atoms with Crippen LogP contribution in [-0.4, -0.2) is 18.6 Å². The number of hydrogen-bond acceptors (Lipinski definition) is 4. The third-order valence-electron chi connectivity index (χ3n) is 3.28. The van der Waals surface area contributed by atoms with E-state index >= 15 is 0 Å². The number of aromatic nitrogens is 1. The summed E-state index contributed by atoms with van der Waals surface area (Å²) < 4.78 is 5.12. The van der Waals surface area contributed by atoms with Gasteiger partial charge in [-0.2, -0.15) is 0 Å². The summed E-state index contributed by atoms with van der Waals surface area (Å²) in [6.45, 7) is 1.07. The summed E-state index contributed by atoms with van der Waals surface area (Å²) in [7, 11) is 1.62. The van der Waals surface area contributed by atoms with E-state index in [2.05, 4.69) is 33.8 Å². The van der Waals surface area contributed by atoms with E-state index in [-0.39, 0.29) is 0 Å². The van der Waals surface area contributed by atoms with Crippen LogP contribution in [0.25, 0.3) is 0 Å². The largest absolute Gasteiger partial charge is 0.481 e. The van der Waals surface area contributed by atoms with E-state index in [1.807, 2.05) is 12.1 Å². The number of methoxy groups -OCH3 is 1. The molecule has 0 saturated heterocycles. The van der Waals surface area contributed by atoms with Gasteiger partial charge < -0.3 is 15.4 Å². The Balaban J connectivity index is 1.82. The van der Waals surface area contributed by atoms with Crippen LogP contribution < -0.4 is 15.4 Å². The lowest BCUT2D eigenvalue weighted by atomic mass is 10.0. The molecule has 19 heavy (non-hydrogen) atoms. The van der Waals surface area contributed by atoms with Gasteiger partial charge in [0.1, 0.15) is 0 Å². The quantitative estimate of drug-likeness (QED) is 0.884. The summed E-state index contributed by atoms with van der Waals surface area (Å²) in [6.07, 6.45) is 4.07. The Morgan fingerprint density at radius 1 is 1.21 bits per heavy atom. The van der Waals surface area contributed by atoms with Gasteiger partial charge in [0.2, 0.25) is 5.88 Å². The SMILES string of the molecule is COc1cc(Nc2ccc3c(c2)CCCN3)ccn1. The molecule has 1 aromatic heterocycles. The molecule has 0 aliphatic carbocycles. The average Bonchev–Trinajstić information content (AvgIpc) is 2.47. The standard InChI is InChI=1S/C15H17N3O/c1-19-15-10-13(6-8-17-15)18-12-4-5-14-11(9-12)3-2-7-16-14/h4-6,8-10,16H,2-3,7H2,1H3,(H,17,18). The van der Waals surface area contributed by atoms with Crippen LogP contribution in [0.1, 0.15) is 12.0 Å². The Labute approximate surface area is 112 Å². The van der Waals surface area contributed by atoms with Crippen molar-refractivity contribution in [2.45, 2.75) is 12.8 Å². The Kier molecular flexibility index (Phi) is 3.23. The van der Waals surface area contributed by atoms with Gasteiger partial charge in [-0.15, -0.1) is 0 Å². The van der Waals surface area contributed by atoms with Gasteiger partial charge in [0, 0.05) is 35.9 Å². The Hall–Kier alpha value is -2.23. The topological polar surface area (TPSA) is 46.2 Å². The molecule has 0 spiro atoms. The van der Waals surface area contributed by atoms with Gasteiger partial charge in [0.05, 0.1) is 7.11 Å². The van der Waals surface area contributed by atoms with E-state index in [9.17, 15) is 0 Å². The van der Waals surface area contributed by atoms with Crippen LogP contribution in [0.2, 0.25) is 0 Å². The van der Waals surface area contributed by atoms with Gasteiger partial charge in [-0.25, -0.2) is 4.98 Å². The van der Waals surface area contributed by atoms with Crippen molar-refractivity contribution in [3.63, 3.8) is 0 Å². The normalized spacial score (nSPS) is 13.3. The monoisotopic (exact) mass is 255 g/mol. The van der Waals surface area contributed by atoms with Crippen molar-refractivity contribution in [2.75, 3.05) is 24.3 Å². The van der Waals surface area contributed by atoms with Gasteiger partial charge >= 0.3 is 0 Å². The summed E-state index contributed by atoms with van der Waals surface area (Å²) >= 11 is 0. The molecule has 1 aliphatic heterocycles. The molecule has 2 N–H and O–H groups in total. The molecular formula is C15H17N3O. The number of rotatable bonds is 3. The number of benzene rings is 1. The molecule has 1 aliphatic rings. The summed E-state index contributed by atoms with van der Waals surface area (Å²) in [4.78, 5) is 4.10. The van der Waals surface area contributed by atoms with Crippen molar-refractivity contribution in [1.82, 2.24) is 4.98 Å². The second kappa shape index (κ2) is 5.18. The van der Waals surface area contributed by atoms with Gasteiger partial charge in [0.25, 0.3) is 0 Å². The number of fused-ring (bicyclic) bond motifs is 1. The minimum Gasteiger partial charge on any atom is -0.481 e. The molecule has 0 atom stereocenters. The first-order valence-corrected chi connectivity index (χ1v) is 6.49. The van der Waals surface area contributed by atoms with Gasteiger partial charge in [-0.1, -0.05) is 0 Å². The lowest BCUT2D eigenvalue weighted by molar-refractivity contribution is 0.398.